The second-order valence-electron chi connectivity index (χ2n) is 16.2. The molecule has 4 nitrogen and oxygen atoms in total. The monoisotopic (exact) mass is 1100 g/mol. The van der Waals surface area contributed by atoms with Gasteiger partial charge in [-0.3, -0.25) is 0 Å². The molecule has 6 aromatic carbocycles. The molecule has 0 saturated heterocycles. The molecule has 1 fully saturated rings. The van der Waals surface area contributed by atoms with Gasteiger partial charge in [0.25, 0.3) is 0 Å². The Kier molecular flexibility index (Phi) is 8.98. The fraction of sp³-hybridized carbons (Fsp3) is 0.177. The Balaban J connectivity index is 0.00000820. The van der Waals surface area contributed by atoms with E-state index in [9.17, 15) is 16.4 Å². The van der Waals surface area contributed by atoms with E-state index in [1.54, 1.807) is 54.6 Å². The standard InChI is InChI=1S/C62H48F2N3O.Ir/c63-56-37-59(54-22-12-21-52-53-31-30-51(45-13-4-1-5-14-45)60(64)62(53)68-61(52)54)67-40-50(56)29-26-44-34-42(24-23-41-27-32-57(65-38-41)47-17-6-2-7-18-47)33-43(35-44)25-28-49-39-66-58(48-19-8-3-9-20-48)36-55(49)46-15-10-11-16-46;/h1-9,12-14,17,19,21,27,30-40,46H,10-11,15-16,23-26,28-29H2;/q-3;+3/i1D,4D,5D,13D,14D,23D2,24D2,25D2,26D2,28D2,29D2;. The largest absolute Gasteiger partial charge is 3.00 e. The normalized spacial score (nSPS) is 17.6. The molecule has 340 valence electrons. The van der Waals surface area contributed by atoms with Crippen LogP contribution in [0.2, 0.25) is 0 Å². The molecule has 0 bridgehead atoms. The third-order valence-electron chi connectivity index (χ3n) is 11.9. The minimum Gasteiger partial charge on any atom is -0.497 e. The molecule has 69 heavy (non-hydrogen) atoms. The molecule has 1 aliphatic rings. The average Bonchev–Trinajstić information content (AvgIpc) is 1.16. The zero-order valence-electron chi connectivity index (χ0n) is 53.4. The third-order valence-corrected chi connectivity index (χ3v) is 11.9. The first-order valence-electron chi connectivity index (χ1n) is 30.5. The van der Waals surface area contributed by atoms with Gasteiger partial charge >= 0.3 is 20.1 Å². The smallest absolute Gasteiger partial charge is 0.497 e. The first-order chi connectivity index (χ1) is 40.1. The van der Waals surface area contributed by atoms with Crippen LogP contribution in [0.5, 0.6) is 0 Å². The first-order valence-corrected chi connectivity index (χ1v) is 22.0. The number of fused-ring (bicyclic) bond motifs is 3. The van der Waals surface area contributed by atoms with Gasteiger partial charge in [0.1, 0.15) is 5.82 Å². The minimum atomic E-state index is -3.48. The summed E-state index contributed by atoms with van der Waals surface area (Å²) in [6.45, 7) is 0. The third kappa shape index (κ3) is 9.99. The summed E-state index contributed by atoms with van der Waals surface area (Å²) >= 11 is 0. The van der Waals surface area contributed by atoms with Crippen molar-refractivity contribution in [3.63, 3.8) is 0 Å². The van der Waals surface area contributed by atoms with Gasteiger partial charge in [0, 0.05) is 51.6 Å². The van der Waals surface area contributed by atoms with Crippen LogP contribution in [0.1, 0.15) is 93.8 Å². The van der Waals surface area contributed by atoms with Crippen LogP contribution < -0.4 is 0 Å². The molecule has 7 heteroatoms. The quantitative estimate of drug-likeness (QED) is 0.102. The number of halogens is 2. The molecule has 11 rings (SSSR count). The maximum Gasteiger partial charge on any atom is 3.00 e. The molecule has 0 spiro atoms. The number of aromatic nitrogens is 3. The van der Waals surface area contributed by atoms with Crippen molar-refractivity contribution in [3.05, 3.63) is 233 Å². The van der Waals surface area contributed by atoms with E-state index in [2.05, 4.69) is 33.2 Å². The van der Waals surface area contributed by atoms with Gasteiger partial charge in [-0.25, -0.2) is 8.78 Å². The topological polar surface area (TPSA) is 51.8 Å². The van der Waals surface area contributed by atoms with Crippen LogP contribution in [-0.4, -0.2) is 15.0 Å². The van der Waals surface area contributed by atoms with Crippen molar-refractivity contribution >= 4 is 21.9 Å². The van der Waals surface area contributed by atoms with E-state index in [4.69, 9.17) is 11.3 Å². The van der Waals surface area contributed by atoms with Gasteiger partial charge in [-0.05, 0) is 119 Å². The molecule has 0 radical (unpaired) electrons. The van der Waals surface area contributed by atoms with Crippen LogP contribution in [0.3, 0.4) is 0 Å². The first kappa shape index (κ1) is 29.9. The fourth-order valence-electron chi connectivity index (χ4n) is 8.50. The summed E-state index contributed by atoms with van der Waals surface area (Å²) < 4.78 is 195. The molecule has 10 aromatic rings. The number of hydrogen-bond acceptors (Lipinski definition) is 4. The number of furan rings is 1. The van der Waals surface area contributed by atoms with Gasteiger partial charge < -0.3 is 19.4 Å². The number of rotatable bonds is 14. The van der Waals surface area contributed by atoms with E-state index in [0.29, 0.717) is 47.1 Å². The molecule has 1 aliphatic carbocycles. The van der Waals surface area contributed by atoms with Gasteiger partial charge in [0.15, 0.2) is 11.4 Å². The predicted molar refractivity (Wildman–Crippen MR) is 268 cm³/mol. The zero-order chi connectivity index (χ0) is 60.9. The number of aryl methyl sites for hydroxylation is 6. The van der Waals surface area contributed by atoms with Crippen LogP contribution in [0.4, 0.5) is 8.78 Å². The molecular formula is C62H48F2IrN3O. The summed E-state index contributed by atoms with van der Waals surface area (Å²) in [6.07, 6.45) is -13.4. The summed E-state index contributed by atoms with van der Waals surface area (Å²) in [5.41, 5.74) is -2.65. The van der Waals surface area contributed by atoms with Crippen molar-refractivity contribution in [1.82, 2.24) is 15.0 Å². The van der Waals surface area contributed by atoms with Crippen molar-refractivity contribution in [3.8, 4) is 44.9 Å². The van der Waals surface area contributed by atoms with E-state index in [1.165, 1.54) is 42.6 Å². The van der Waals surface area contributed by atoms with Gasteiger partial charge in [0.2, 0.25) is 0 Å². The maximum atomic E-state index is 17.0. The van der Waals surface area contributed by atoms with Crippen LogP contribution >= 0.6 is 0 Å². The fourth-order valence-corrected chi connectivity index (χ4v) is 8.50. The summed E-state index contributed by atoms with van der Waals surface area (Å²) in [5, 5.41) is 0.449. The Morgan fingerprint density at radius 3 is 1.90 bits per heavy atom. The predicted octanol–water partition coefficient (Wildman–Crippen LogP) is 15.1. The van der Waals surface area contributed by atoms with Gasteiger partial charge in [0.05, 0.1) is 12.4 Å². The summed E-state index contributed by atoms with van der Waals surface area (Å²) in [6, 6.07) is 33.0. The van der Waals surface area contributed by atoms with Gasteiger partial charge in [-0.1, -0.05) is 103 Å². The second-order valence-corrected chi connectivity index (χ2v) is 16.2. The van der Waals surface area contributed by atoms with Crippen molar-refractivity contribution in [2.24, 2.45) is 0 Å². The van der Waals surface area contributed by atoms with Crippen molar-refractivity contribution in [2.75, 3.05) is 0 Å². The van der Waals surface area contributed by atoms with Crippen molar-refractivity contribution < 1.29 is 56.6 Å². The average molecular weight is 1100 g/mol. The molecule has 1 saturated carbocycles. The molecule has 0 N–H and O–H groups in total. The Morgan fingerprint density at radius 1 is 0.580 bits per heavy atom. The Bertz CT molecular complexity index is 4230. The van der Waals surface area contributed by atoms with Crippen molar-refractivity contribution in [2.45, 2.75) is 69.8 Å². The molecule has 0 amide bonds. The molecule has 0 aliphatic heterocycles. The molecule has 4 aromatic heterocycles. The van der Waals surface area contributed by atoms with Crippen LogP contribution in [0, 0.1) is 29.8 Å². The summed E-state index contributed by atoms with van der Waals surface area (Å²) in [7, 11) is 0. The molecular weight excluding hydrogens is 1030 g/mol. The molecule has 0 atom stereocenters. The number of hydrogen-bond donors (Lipinski definition) is 0. The van der Waals surface area contributed by atoms with Crippen LogP contribution in [0.15, 0.2) is 168 Å². The Morgan fingerprint density at radius 2 is 1.22 bits per heavy atom. The van der Waals surface area contributed by atoms with E-state index in [1.807, 2.05) is 0 Å². The van der Waals surface area contributed by atoms with Gasteiger partial charge in [-0.2, -0.15) is 0 Å². The number of pyridine rings is 3. The molecule has 4 heterocycles. The minimum absolute atomic E-state index is 0. The zero-order valence-corrected chi connectivity index (χ0v) is 38.8. The van der Waals surface area contributed by atoms with E-state index >= 15 is 8.78 Å². The second kappa shape index (κ2) is 20.7. The summed E-state index contributed by atoms with van der Waals surface area (Å²) in [4.78, 5) is 13.2. The van der Waals surface area contributed by atoms with Gasteiger partial charge in [-0.15, -0.1) is 90.0 Å². The Hall–Kier alpha value is -6.92. The van der Waals surface area contributed by atoms with Crippen molar-refractivity contribution in [1.29, 1.82) is 0 Å². The maximum absolute atomic E-state index is 17.0. The SMILES string of the molecule is [2H]c1c([2H])c([2H])c(-c2ccc3c(oc4c(-c5cc(F)c(C([2H])([2H])C([2H])([2H])c6cc(C([2H])([2H])C([2H])([2H])c7ccc(-c8[c-]cccc8)nc7)cc(C([2H])([2H])C([2H])([2H])c7cnc(-c8[c-]cccc8)cc7C7CCCC7)c6)cn5)[c-]ccc43)c2F)c([2H])c1[2H].[Ir+3]. The van der Waals surface area contributed by atoms with E-state index in [-0.39, 0.29) is 75.9 Å². The summed E-state index contributed by atoms with van der Waals surface area (Å²) in [5.74, 6) is -2.64. The van der Waals surface area contributed by atoms with E-state index in [0.717, 1.165) is 43.3 Å². The van der Waals surface area contributed by atoms with Crippen LogP contribution in [0.25, 0.3) is 66.8 Å². The van der Waals surface area contributed by atoms with Crippen LogP contribution in [-0.2, 0) is 58.3 Å². The number of nitrogens with zero attached hydrogens (tertiary/aromatic N) is 3. The molecule has 0 unspecified atom stereocenters. The Labute approximate surface area is 439 Å². The number of benzene rings is 6. The van der Waals surface area contributed by atoms with E-state index < -0.39 is 108 Å².